The van der Waals surface area contributed by atoms with E-state index in [0.29, 0.717) is 32.1 Å². The first-order chi connectivity index (χ1) is 10.9. The first-order valence-electron chi connectivity index (χ1n) is 7.27. The lowest BCUT2D eigenvalue weighted by molar-refractivity contribution is -0.125. The Morgan fingerprint density at radius 3 is 2.52 bits per heavy atom. The van der Waals surface area contributed by atoms with E-state index < -0.39 is 18.0 Å². The second-order valence-corrected chi connectivity index (χ2v) is 5.18. The van der Waals surface area contributed by atoms with Crippen LogP contribution in [0.4, 0.5) is 0 Å². The summed E-state index contributed by atoms with van der Waals surface area (Å²) in [6.45, 7) is 0.391. The maximum atomic E-state index is 12.0. The molecule has 0 spiro atoms. The van der Waals surface area contributed by atoms with Gasteiger partial charge in [-0.05, 0) is 37.0 Å². The molecule has 0 bridgehead atoms. The number of nitrogens with one attached hydrogen (secondary N) is 1. The molecule has 0 aromatic heterocycles. The Labute approximate surface area is 134 Å². The third-order valence-corrected chi connectivity index (χ3v) is 3.19. The van der Waals surface area contributed by atoms with Crippen molar-refractivity contribution >= 4 is 18.2 Å². The van der Waals surface area contributed by atoms with E-state index in [1.165, 1.54) is 12.1 Å². The summed E-state index contributed by atoms with van der Waals surface area (Å²) in [5, 5.41) is 11.8. The van der Waals surface area contributed by atoms with E-state index in [0.717, 1.165) is 5.56 Å². The number of rotatable bonds is 9. The SMILES string of the molecule is NC(N)=NCCC[C@H](C=O)NC(=O)[C@@H](N)Cc1ccc(O)cc1. The van der Waals surface area contributed by atoms with Crippen LogP contribution in [0.15, 0.2) is 29.3 Å². The molecule has 0 aliphatic heterocycles. The zero-order valence-electron chi connectivity index (χ0n) is 12.8. The monoisotopic (exact) mass is 321 g/mol. The number of guanidine groups is 1. The second-order valence-electron chi connectivity index (χ2n) is 5.18. The molecule has 1 amide bonds. The molecular weight excluding hydrogens is 298 g/mol. The lowest BCUT2D eigenvalue weighted by Gasteiger charge is -2.16. The second kappa shape index (κ2) is 9.42. The Kier molecular flexibility index (Phi) is 7.55. The molecule has 8 N–H and O–H groups in total. The summed E-state index contributed by atoms with van der Waals surface area (Å²) in [6.07, 6.45) is 1.97. The highest BCUT2D eigenvalue weighted by atomic mass is 16.3. The summed E-state index contributed by atoms with van der Waals surface area (Å²) in [4.78, 5) is 26.8. The van der Waals surface area contributed by atoms with Crippen LogP contribution in [-0.4, -0.2) is 41.9 Å². The molecule has 126 valence electrons. The molecule has 0 aliphatic rings. The van der Waals surface area contributed by atoms with Gasteiger partial charge in [0.1, 0.15) is 12.0 Å². The lowest BCUT2D eigenvalue weighted by atomic mass is 10.1. The van der Waals surface area contributed by atoms with Crippen LogP contribution in [0.25, 0.3) is 0 Å². The van der Waals surface area contributed by atoms with Crippen LogP contribution in [0.3, 0.4) is 0 Å². The van der Waals surface area contributed by atoms with Gasteiger partial charge in [0.05, 0.1) is 12.1 Å². The quantitative estimate of drug-likeness (QED) is 0.170. The number of nitrogens with two attached hydrogens (primary N) is 3. The van der Waals surface area contributed by atoms with Crippen LogP contribution >= 0.6 is 0 Å². The smallest absolute Gasteiger partial charge is 0.237 e. The first kappa shape index (κ1) is 18.4. The third kappa shape index (κ3) is 7.28. The summed E-state index contributed by atoms with van der Waals surface area (Å²) >= 11 is 0. The van der Waals surface area contributed by atoms with E-state index in [-0.39, 0.29) is 11.7 Å². The van der Waals surface area contributed by atoms with Gasteiger partial charge >= 0.3 is 0 Å². The lowest BCUT2D eigenvalue weighted by Crippen LogP contribution is -2.47. The van der Waals surface area contributed by atoms with Crippen molar-refractivity contribution < 1.29 is 14.7 Å². The van der Waals surface area contributed by atoms with E-state index in [4.69, 9.17) is 17.2 Å². The Hall–Kier alpha value is -2.61. The summed E-state index contributed by atoms with van der Waals surface area (Å²) in [5.41, 5.74) is 17.1. The van der Waals surface area contributed by atoms with Gasteiger partial charge < -0.3 is 32.4 Å². The Morgan fingerprint density at radius 2 is 1.96 bits per heavy atom. The summed E-state index contributed by atoms with van der Waals surface area (Å²) in [5.74, 6) is -0.266. The van der Waals surface area contributed by atoms with Gasteiger partial charge in [0.15, 0.2) is 5.96 Å². The number of phenolic OH excluding ortho intramolecular Hbond substituents is 1. The van der Waals surface area contributed by atoms with Gasteiger partial charge in [0.25, 0.3) is 0 Å². The van der Waals surface area contributed by atoms with Crippen molar-refractivity contribution in [3.8, 4) is 5.75 Å². The summed E-state index contributed by atoms with van der Waals surface area (Å²) in [7, 11) is 0. The zero-order valence-corrected chi connectivity index (χ0v) is 12.8. The van der Waals surface area contributed by atoms with Crippen molar-refractivity contribution in [1.82, 2.24) is 5.32 Å². The van der Waals surface area contributed by atoms with Crippen LogP contribution in [0.2, 0.25) is 0 Å². The van der Waals surface area contributed by atoms with E-state index >= 15 is 0 Å². The van der Waals surface area contributed by atoms with Gasteiger partial charge in [-0.1, -0.05) is 12.1 Å². The van der Waals surface area contributed by atoms with Crippen LogP contribution in [0, 0.1) is 0 Å². The summed E-state index contributed by atoms with van der Waals surface area (Å²) < 4.78 is 0. The molecule has 0 saturated heterocycles. The fourth-order valence-electron chi connectivity index (χ4n) is 1.96. The van der Waals surface area contributed by atoms with E-state index in [1.807, 2.05) is 0 Å². The molecular formula is C15H23N5O3. The van der Waals surface area contributed by atoms with Gasteiger partial charge in [0.2, 0.25) is 5.91 Å². The highest BCUT2D eigenvalue weighted by Gasteiger charge is 2.18. The number of hydrogen-bond donors (Lipinski definition) is 5. The van der Waals surface area contributed by atoms with E-state index in [1.54, 1.807) is 12.1 Å². The molecule has 0 aliphatic carbocycles. The molecule has 2 atom stereocenters. The number of benzene rings is 1. The Morgan fingerprint density at radius 1 is 1.30 bits per heavy atom. The van der Waals surface area contributed by atoms with Crippen LogP contribution in [0.5, 0.6) is 5.75 Å². The Balaban J connectivity index is 2.43. The van der Waals surface area contributed by atoms with Crippen LogP contribution < -0.4 is 22.5 Å². The number of aliphatic imine (C=N–C) groups is 1. The molecule has 0 radical (unpaired) electrons. The molecule has 1 aromatic carbocycles. The maximum absolute atomic E-state index is 12.0. The fourth-order valence-corrected chi connectivity index (χ4v) is 1.96. The number of carbonyl (C=O) groups excluding carboxylic acids is 2. The average molecular weight is 321 g/mol. The van der Waals surface area contributed by atoms with Crippen molar-refractivity contribution in [1.29, 1.82) is 0 Å². The van der Waals surface area contributed by atoms with Gasteiger partial charge in [-0.15, -0.1) is 0 Å². The van der Waals surface area contributed by atoms with Crippen LogP contribution in [0.1, 0.15) is 18.4 Å². The highest BCUT2D eigenvalue weighted by Crippen LogP contribution is 2.11. The van der Waals surface area contributed by atoms with Crippen molar-refractivity contribution in [2.45, 2.75) is 31.3 Å². The predicted molar refractivity (Wildman–Crippen MR) is 87.7 cm³/mol. The highest BCUT2D eigenvalue weighted by molar-refractivity contribution is 5.84. The largest absolute Gasteiger partial charge is 0.508 e. The van der Waals surface area contributed by atoms with Gasteiger partial charge in [-0.2, -0.15) is 0 Å². The van der Waals surface area contributed by atoms with Gasteiger partial charge in [-0.3, -0.25) is 9.79 Å². The van der Waals surface area contributed by atoms with Gasteiger partial charge in [-0.25, -0.2) is 0 Å². The fraction of sp³-hybridized carbons (Fsp3) is 0.400. The number of aromatic hydroxyl groups is 1. The van der Waals surface area contributed by atoms with E-state index in [9.17, 15) is 14.7 Å². The van der Waals surface area contributed by atoms with Crippen molar-refractivity contribution in [3.63, 3.8) is 0 Å². The van der Waals surface area contributed by atoms with Crippen molar-refractivity contribution in [2.75, 3.05) is 6.54 Å². The Bertz CT molecular complexity index is 541. The molecule has 8 heteroatoms. The summed E-state index contributed by atoms with van der Waals surface area (Å²) in [6, 6.07) is 5.03. The molecule has 1 rings (SSSR count). The molecule has 8 nitrogen and oxygen atoms in total. The minimum atomic E-state index is -0.778. The van der Waals surface area contributed by atoms with Crippen molar-refractivity contribution in [3.05, 3.63) is 29.8 Å². The number of phenols is 1. The number of aldehydes is 1. The van der Waals surface area contributed by atoms with Crippen molar-refractivity contribution in [2.24, 2.45) is 22.2 Å². The molecule has 1 aromatic rings. The minimum absolute atomic E-state index is 0.00684. The first-order valence-corrected chi connectivity index (χ1v) is 7.27. The number of carbonyl (C=O) groups is 2. The normalized spacial score (nSPS) is 12.9. The average Bonchev–Trinajstić information content (AvgIpc) is 2.52. The predicted octanol–water partition coefficient (Wildman–Crippen LogP) is -1.00. The zero-order chi connectivity index (χ0) is 17.2. The number of amides is 1. The molecule has 23 heavy (non-hydrogen) atoms. The molecule has 0 heterocycles. The van der Waals surface area contributed by atoms with Crippen LogP contribution in [-0.2, 0) is 16.0 Å². The van der Waals surface area contributed by atoms with E-state index in [2.05, 4.69) is 10.3 Å². The molecule has 0 saturated carbocycles. The minimum Gasteiger partial charge on any atom is -0.508 e. The number of hydrogen-bond acceptors (Lipinski definition) is 5. The molecule has 0 unspecified atom stereocenters. The standard InChI is InChI=1S/C15H23N5O3/c16-13(8-10-3-5-12(22)6-4-10)14(23)20-11(9-21)2-1-7-19-15(17)18/h3-6,9,11,13,22H,1-2,7-8,16H2,(H,20,23)(H4,17,18,19)/t11-,13+/m1/s1. The molecule has 0 fully saturated rings. The van der Waals surface area contributed by atoms with Gasteiger partial charge in [0, 0.05) is 6.54 Å². The topological polar surface area (TPSA) is 157 Å². The third-order valence-electron chi connectivity index (χ3n) is 3.19. The number of nitrogens with zero attached hydrogens (tertiary/aromatic N) is 1. The maximum Gasteiger partial charge on any atom is 0.237 e.